The van der Waals surface area contributed by atoms with Crippen molar-refractivity contribution in [1.29, 1.82) is 0 Å². The van der Waals surface area contributed by atoms with Crippen LogP contribution in [0.25, 0.3) is 0 Å². The summed E-state index contributed by atoms with van der Waals surface area (Å²) in [5.41, 5.74) is 0.499. The molecule has 0 bridgehead atoms. The zero-order chi connectivity index (χ0) is 19.7. The first-order valence-electron chi connectivity index (χ1n) is 9.06. The number of morpholine rings is 1. The van der Waals surface area contributed by atoms with E-state index in [4.69, 9.17) is 21.1 Å². The lowest BCUT2D eigenvalue weighted by Crippen LogP contribution is -2.36. The fourth-order valence-electron chi connectivity index (χ4n) is 3.42. The number of thiazole rings is 1. The molecule has 2 aliphatic rings. The molecule has 1 atom stereocenters. The number of esters is 1. The molecule has 4 rings (SSSR count). The average Bonchev–Trinajstić information content (AvgIpc) is 3.27. The van der Waals surface area contributed by atoms with Crippen molar-refractivity contribution in [1.82, 2.24) is 10.3 Å². The molecule has 7 nitrogen and oxygen atoms in total. The zero-order valence-electron chi connectivity index (χ0n) is 15.4. The number of aromatic nitrogens is 1. The van der Waals surface area contributed by atoms with Crippen molar-refractivity contribution in [2.75, 3.05) is 37.7 Å². The van der Waals surface area contributed by atoms with E-state index in [1.54, 1.807) is 18.3 Å². The number of hydrogen-bond acceptors (Lipinski definition) is 7. The molecule has 1 aromatic carbocycles. The molecule has 2 aliphatic heterocycles. The summed E-state index contributed by atoms with van der Waals surface area (Å²) >= 11 is 7.34. The maximum Gasteiger partial charge on any atom is 0.339 e. The number of nitrogens with zero attached hydrogens (tertiary/aromatic N) is 2. The lowest BCUT2D eigenvalue weighted by Gasteiger charge is -2.26. The van der Waals surface area contributed by atoms with E-state index in [1.807, 2.05) is 13.0 Å². The molecule has 0 spiro atoms. The highest BCUT2D eigenvalue weighted by atomic mass is 35.5. The van der Waals surface area contributed by atoms with Gasteiger partial charge in [0.1, 0.15) is 10.5 Å². The number of amides is 1. The van der Waals surface area contributed by atoms with Crippen LogP contribution in [0.3, 0.4) is 0 Å². The molecular formula is C19H20ClN3O4S. The number of cyclic esters (lactones) is 1. The number of fused-ring (bicyclic) bond motifs is 1. The van der Waals surface area contributed by atoms with Crippen LogP contribution in [0, 0.1) is 0 Å². The summed E-state index contributed by atoms with van der Waals surface area (Å²) in [6.07, 6.45) is 2.06. The van der Waals surface area contributed by atoms with E-state index >= 15 is 0 Å². The molecule has 1 amide bonds. The van der Waals surface area contributed by atoms with E-state index in [9.17, 15) is 9.59 Å². The van der Waals surface area contributed by atoms with Gasteiger partial charge in [-0.15, -0.1) is 0 Å². The number of carbonyl (C=O) groups is 2. The van der Waals surface area contributed by atoms with E-state index in [-0.39, 0.29) is 11.9 Å². The highest BCUT2D eigenvalue weighted by molar-refractivity contribution is 7.17. The van der Waals surface area contributed by atoms with Crippen molar-refractivity contribution in [2.24, 2.45) is 0 Å². The summed E-state index contributed by atoms with van der Waals surface area (Å²) < 4.78 is 10.9. The molecule has 3 heterocycles. The summed E-state index contributed by atoms with van der Waals surface area (Å²) in [6, 6.07) is 5.17. The number of hydrogen-bond donors (Lipinski definition) is 1. The molecule has 9 heteroatoms. The quantitative estimate of drug-likeness (QED) is 0.748. The van der Waals surface area contributed by atoms with Gasteiger partial charge in [-0.05, 0) is 19.1 Å². The highest BCUT2D eigenvalue weighted by Gasteiger charge is 2.41. The second-order valence-electron chi connectivity index (χ2n) is 6.92. The Morgan fingerprint density at radius 2 is 2.18 bits per heavy atom. The molecule has 28 heavy (non-hydrogen) atoms. The second-order valence-corrected chi connectivity index (χ2v) is 8.37. The molecule has 0 aliphatic carbocycles. The Hall–Kier alpha value is -2.16. The number of ether oxygens (including phenoxy) is 2. The van der Waals surface area contributed by atoms with Crippen LogP contribution in [-0.2, 0) is 15.1 Å². The Kier molecular flexibility index (Phi) is 5.27. The molecule has 1 unspecified atom stereocenters. The van der Waals surface area contributed by atoms with Gasteiger partial charge in [0.25, 0.3) is 5.91 Å². The first-order chi connectivity index (χ1) is 13.5. The molecule has 0 saturated carbocycles. The van der Waals surface area contributed by atoms with E-state index in [0.717, 1.165) is 23.8 Å². The molecule has 148 valence electrons. The molecule has 1 N–H and O–H groups in total. The van der Waals surface area contributed by atoms with Gasteiger partial charge in [-0.25, -0.2) is 9.78 Å². The van der Waals surface area contributed by atoms with Gasteiger partial charge in [-0.2, -0.15) is 0 Å². The van der Waals surface area contributed by atoms with Gasteiger partial charge < -0.3 is 19.7 Å². The number of nitrogens with one attached hydrogen (secondary N) is 1. The molecule has 1 aromatic heterocycles. The van der Waals surface area contributed by atoms with Crippen molar-refractivity contribution < 1.29 is 19.1 Å². The van der Waals surface area contributed by atoms with Gasteiger partial charge >= 0.3 is 5.97 Å². The van der Waals surface area contributed by atoms with Crippen LogP contribution in [0.15, 0.2) is 24.4 Å². The van der Waals surface area contributed by atoms with Gasteiger partial charge in [0.2, 0.25) is 0 Å². The van der Waals surface area contributed by atoms with Crippen molar-refractivity contribution in [3.8, 4) is 0 Å². The lowest BCUT2D eigenvalue weighted by molar-refractivity contribution is -0.00255. The predicted octanol–water partition coefficient (Wildman–Crippen LogP) is 2.84. The Morgan fingerprint density at radius 1 is 1.39 bits per heavy atom. The normalized spacial score (nSPS) is 21.4. The van der Waals surface area contributed by atoms with Crippen LogP contribution < -0.4 is 10.2 Å². The Balaban J connectivity index is 1.36. The minimum Gasteiger partial charge on any atom is -0.451 e. The summed E-state index contributed by atoms with van der Waals surface area (Å²) in [5, 5.41) is 4.22. The third-order valence-corrected chi connectivity index (χ3v) is 6.27. The SMILES string of the molecule is CC1(CCNC(=O)c2cnc(N3CCOCC3)s2)OC(=O)c2cc(Cl)ccc21. The van der Waals surface area contributed by atoms with Crippen LogP contribution in [0.2, 0.25) is 5.02 Å². The van der Waals surface area contributed by atoms with E-state index < -0.39 is 5.60 Å². The van der Waals surface area contributed by atoms with Crippen molar-refractivity contribution >= 4 is 39.9 Å². The van der Waals surface area contributed by atoms with Crippen LogP contribution in [0.1, 0.15) is 38.9 Å². The number of anilines is 1. The monoisotopic (exact) mass is 421 g/mol. The van der Waals surface area contributed by atoms with Crippen LogP contribution in [0.4, 0.5) is 5.13 Å². The third kappa shape index (κ3) is 3.72. The average molecular weight is 422 g/mol. The molecule has 1 saturated heterocycles. The fraction of sp³-hybridized carbons (Fsp3) is 0.421. The van der Waals surface area contributed by atoms with E-state index in [0.29, 0.717) is 41.6 Å². The van der Waals surface area contributed by atoms with Crippen LogP contribution in [0.5, 0.6) is 0 Å². The fourth-order valence-corrected chi connectivity index (χ4v) is 4.48. The van der Waals surface area contributed by atoms with Gasteiger partial charge in [0.05, 0.1) is 25.0 Å². The maximum absolute atomic E-state index is 12.5. The first kappa shape index (κ1) is 19.2. The minimum absolute atomic E-state index is 0.179. The molecule has 1 fully saturated rings. The third-order valence-electron chi connectivity index (χ3n) is 4.98. The van der Waals surface area contributed by atoms with Crippen LogP contribution >= 0.6 is 22.9 Å². The van der Waals surface area contributed by atoms with Gasteiger partial charge in [0, 0.05) is 36.6 Å². The van der Waals surface area contributed by atoms with Crippen molar-refractivity contribution in [2.45, 2.75) is 18.9 Å². The highest BCUT2D eigenvalue weighted by Crippen LogP contribution is 2.39. The first-order valence-corrected chi connectivity index (χ1v) is 10.3. The summed E-state index contributed by atoms with van der Waals surface area (Å²) in [5.74, 6) is -0.565. The van der Waals surface area contributed by atoms with Crippen molar-refractivity contribution in [3.05, 3.63) is 45.4 Å². The summed E-state index contributed by atoms with van der Waals surface area (Å²) in [6.45, 7) is 5.12. The predicted molar refractivity (Wildman–Crippen MR) is 106 cm³/mol. The Labute approximate surface area is 171 Å². The zero-order valence-corrected chi connectivity index (χ0v) is 16.9. The number of carbonyl (C=O) groups excluding carboxylic acids is 2. The van der Waals surface area contributed by atoms with E-state index in [2.05, 4.69) is 15.2 Å². The largest absolute Gasteiger partial charge is 0.451 e. The van der Waals surface area contributed by atoms with Gasteiger partial charge in [0.15, 0.2) is 5.13 Å². The number of rotatable bonds is 5. The summed E-state index contributed by atoms with van der Waals surface area (Å²) in [4.78, 5) is 31.6. The molecular weight excluding hydrogens is 402 g/mol. The second kappa shape index (κ2) is 7.69. The van der Waals surface area contributed by atoms with Crippen molar-refractivity contribution in [3.63, 3.8) is 0 Å². The summed E-state index contributed by atoms with van der Waals surface area (Å²) in [7, 11) is 0. The van der Waals surface area contributed by atoms with Gasteiger partial charge in [-0.1, -0.05) is 29.0 Å². The topological polar surface area (TPSA) is 80.8 Å². The standard InChI is InChI=1S/C19H20ClN3O4S/c1-19(14-3-2-12(20)10-13(14)17(25)27-19)4-5-21-16(24)15-11-22-18(28-15)23-6-8-26-9-7-23/h2-3,10-11H,4-9H2,1H3,(H,21,24). The van der Waals surface area contributed by atoms with Gasteiger partial charge in [-0.3, -0.25) is 4.79 Å². The maximum atomic E-state index is 12.5. The molecule has 0 radical (unpaired) electrons. The Morgan fingerprint density at radius 3 is 2.96 bits per heavy atom. The van der Waals surface area contributed by atoms with Crippen LogP contribution in [-0.4, -0.2) is 49.7 Å². The number of halogens is 1. The van der Waals surface area contributed by atoms with E-state index in [1.165, 1.54) is 11.3 Å². The smallest absolute Gasteiger partial charge is 0.339 e. The lowest BCUT2D eigenvalue weighted by atomic mass is 9.91. The Bertz CT molecular complexity index is 912. The molecule has 2 aromatic rings. The minimum atomic E-state index is -0.781. The number of benzene rings is 1.